The molecule has 0 bridgehead atoms. The second kappa shape index (κ2) is 14.3. The van der Waals surface area contributed by atoms with Crippen LogP contribution in [0.2, 0.25) is 0 Å². The van der Waals surface area contributed by atoms with Crippen molar-refractivity contribution in [3.8, 4) is 6.07 Å². The van der Waals surface area contributed by atoms with Crippen LogP contribution in [-0.4, -0.2) is 0 Å². The lowest BCUT2D eigenvalue weighted by Gasteiger charge is -2.32. The monoisotopic (exact) mass is 371 g/mol. The van der Waals surface area contributed by atoms with Crippen molar-refractivity contribution in [2.24, 2.45) is 23.7 Å². The summed E-state index contributed by atoms with van der Waals surface area (Å²) >= 11 is 0. The van der Waals surface area contributed by atoms with Gasteiger partial charge in [0.2, 0.25) is 0 Å². The van der Waals surface area contributed by atoms with Gasteiger partial charge < -0.3 is 0 Å². The summed E-state index contributed by atoms with van der Waals surface area (Å²) in [6, 6.07) is 2.10. The molecule has 0 aromatic heterocycles. The summed E-state index contributed by atoms with van der Waals surface area (Å²) in [4.78, 5) is 0. The van der Waals surface area contributed by atoms with Gasteiger partial charge in [-0.05, 0) is 36.5 Å². The van der Waals surface area contributed by atoms with E-state index in [0.29, 0.717) is 0 Å². The zero-order chi connectivity index (χ0) is 19.2. The highest BCUT2D eigenvalue weighted by Gasteiger charge is 2.24. The molecule has 0 aromatic rings. The molecular formula is C26H45N. The van der Waals surface area contributed by atoms with Crippen molar-refractivity contribution in [2.75, 3.05) is 0 Å². The first-order valence-corrected chi connectivity index (χ1v) is 12.4. The summed E-state index contributed by atoms with van der Waals surface area (Å²) in [5.41, 5.74) is 0. The average Bonchev–Trinajstić information content (AvgIpc) is 2.71. The summed E-state index contributed by atoms with van der Waals surface area (Å²) in [5, 5.41) is 8.55. The first-order valence-electron chi connectivity index (χ1n) is 12.4. The third-order valence-electron chi connectivity index (χ3n) is 7.57. The standard InChI is InChI=1S/C26H45N/c1-2-3-4-5-7-10-23-12-16-25(17-13-23)20-21-26-18-14-24(15-19-26)11-8-6-9-22-27/h6,9,23-26H,2-5,7-8,10-21H2,1H3/b9-6+. The van der Waals surface area contributed by atoms with Crippen LogP contribution in [0.5, 0.6) is 0 Å². The molecule has 0 radical (unpaired) electrons. The highest BCUT2D eigenvalue weighted by molar-refractivity contribution is 5.01. The average molecular weight is 372 g/mol. The molecule has 2 saturated carbocycles. The molecule has 0 spiro atoms. The number of hydrogen-bond acceptors (Lipinski definition) is 1. The van der Waals surface area contributed by atoms with E-state index < -0.39 is 0 Å². The summed E-state index contributed by atoms with van der Waals surface area (Å²) in [7, 11) is 0. The number of nitrogens with zero attached hydrogens (tertiary/aromatic N) is 1. The van der Waals surface area contributed by atoms with Gasteiger partial charge in [-0.3, -0.25) is 0 Å². The van der Waals surface area contributed by atoms with Crippen molar-refractivity contribution < 1.29 is 0 Å². The molecule has 0 aromatic carbocycles. The normalized spacial score (nSPS) is 29.0. The fourth-order valence-electron chi connectivity index (χ4n) is 5.59. The number of nitriles is 1. The lowest BCUT2D eigenvalue weighted by atomic mass is 9.74. The molecule has 0 N–H and O–H groups in total. The van der Waals surface area contributed by atoms with Gasteiger partial charge in [-0.1, -0.05) is 116 Å². The number of hydrogen-bond donors (Lipinski definition) is 0. The Kier molecular flexibility index (Phi) is 11.9. The van der Waals surface area contributed by atoms with Crippen molar-refractivity contribution in [3.05, 3.63) is 12.2 Å². The minimum Gasteiger partial charge on any atom is -0.193 e. The van der Waals surface area contributed by atoms with Crippen LogP contribution in [0.25, 0.3) is 0 Å². The van der Waals surface area contributed by atoms with Crippen LogP contribution in [-0.2, 0) is 0 Å². The van der Waals surface area contributed by atoms with E-state index in [1.165, 1.54) is 109 Å². The molecule has 0 amide bonds. The van der Waals surface area contributed by atoms with E-state index >= 15 is 0 Å². The van der Waals surface area contributed by atoms with Gasteiger partial charge in [0.25, 0.3) is 0 Å². The van der Waals surface area contributed by atoms with Gasteiger partial charge in [0, 0.05) is 6.08 Å². The Bertz CT molecular complexity index is 416. The summed E-state index contributed by atoms with van der Waals surface area (Å²) in [6.07, 6.45) is 29.8. The van der Waals surface area contributed by atoms with Crippen molar-refractivity contribution >= 4 is 0 Å². The maximum atomic E-state index is 8.55. The van der Waals surface area contributed by atoms with Gasteiger partial charge in [0.15, 0.2) is 0 Å². The van der Waals surface area contributed by atoms with E-state index in [1.807, 2.05) is 6.08 Å². The molecule has 0 atom stereocenters. The molecule has 1 heteroatoms. The van der Waals surface area contributed by atoms with E-state index in [-0.39, 0.29) is 0 Å². The fourth-order valence-corrected chi connectivity index (χ4v) is 5.59. The summed E-state index contributed by atoms with van der Waals surface area (Å²) < 4.78 is 0. The first-order chi connectivity index (χ1) is 13.3. The lowest BCUT2D eigenvalue weighted by molar-refractivity contribution is 0.208. The molecule has 2 rings (SSSR count). The molecule has 0 heterocycles. The topological polar surface area (TPSA) is 23.8 Å². The Balaban J connectivity index is 1.47. The SMILES string of the molecule is CCCCCCCC1CCC(CCC2CCC(CC/C=C/C#N)CC2)CC1. The quantitative estimate of drug-likeness (QED) is 0.249. The molecule has 1 nitrogen and oxygen atoms in total. The van der Waals surface area contributed by atoms with E-state index in [9.17, 15) is 0 Å². The van der Waals surface area contributed by atoms with E-state index in [0.717, 1.165) is 30.1 Å². The van der Waals surface area contributed by atoms with Gasteiger partial charge in [-0.2, -0.15) is 5.26 Å². The largest absolute Gasteiger partial charge is 0.193 e. The first kappa shape index (κ1) is 22.5. The van der Waals surface area contributed by atoms with Gasteiger partial charge >= 0.3 is 0 Å². The molecular weight excluding hydrogens is 326 g/mol. The second-order valence-electron chi connectivity index (χ2n) is 9.66. The third-order valence-corrected chi connectivity index (χ3v) is 7.57. The summed E-state index contributed by atoms with van der Waals surface area (Å²) in [5.74, 6) is 4.06. The minimum absolute atomic E-state index is 0.928. The Morgan fingerprint density at radius 1 is 0.667 bits per heavy atom. The van der Waals surface area contributed by atoms with E-state index in [4.69, 9.17) is 5.26 Å². The molecule has 2 aliphatic rings. The Morgan fingerprint density at radius 2 is 1.15 bits per heavy atom. The molecule has 0 aliphatic heterocycles. The van der Waals surface area contributed by atoms with Gasteiger partial charge in [0.1, 0.15) is 0 Å². The lowest BCUT2D eigenvalue weighted by Crippen LogP contribution is -2.18. The second-order valence-corrected chi connectivity index (χ2v) is 9.66. The fraction of sp³-hybridized carbons (Fsp3) is 0.885. The van der Waals surface area contributed by atoms with E-state index in [2.05, 4.69) is 13.0 Å². The van der Waals surface area contributed by atoms with Gasteiger partial charge in [-0.15, -0.1) is 0 Å². The predicted molar refractivity (Wildman–Crippen MR) is 117 cm³/mol. The van der Waals surface area contributed by atoms with Crippen LogP contribution < -0.4 is 0 Å². The summed E-state index contributed by atoms with van der Waals surface area (Å²) in [6.45, 7) is 2.31. The zero-order valence-electron chi connectivity index (χ0n) is 18.1. The van der Waals surface area contributed by atoms with Crippen molar-refractivity contribution in [1.29, 1.82) is 5.26 Å². The van der Waals surface area contributed by atoms with Gasteiger partial charge in [0.05, 0.1) is 6.07 Å². The van der Waals surface area contributed by atoms with Crippen molar-refractivity contribution in [2.45, 2.75) is 122 Å². The third kappa shape index (κ3) is 9.82. The smallest absolute Gasteiger partial charge is 0.0908 e. The van der Waals surface area contributed by atoms with E-state index in [1.54, 1.807) is 6.08 Å². The van der Waals surface area contributed by atoms with Crippen LogP contribution in [0, 0.1) is 35.0 Å². The Morgan fingerprint density at radius 3 is 1.67 bits per heavy atom. The Hall–Kier alpha value is -0.770. The maximum Gasteiger partial charge on any atom is 0.0908 e. The molecule has 2 fully saturated rings. The van der Waals surface area contributed by atoms with Crippen molar-refractivity contribution in [1.82, 2.24) is 0 Å². The number of rotatable bonds is 12. The minimum atomic E-state index is 0.928. The van der Waals surface area contributed by atoms with Crippen LogP contribution in [0.3, 0.4) is 0 Å². The Labute approximate surface area is 170 Å². The highest BCUT2D eigenvalue weighted by atomic mass is 14.3. The number of allylic oxidation sites excluding steroid dienone is 2. The maximum absolute atomic E-state index is 8.55. The zero-order valence-corrected chi connectivity index (χ0v) is 18.1. The van der Waals surface area contributed by atoms with Crippen LogP contribution >= 0.6 is 0 Å². The molecule has 27 heavy (non-hydrogen) atoms. The molecule has 154 valence electrons. The molecule has 2 aliphatic carbocycles. The number of unbranched alkanes of at least 4 members (excludes halogenated alkanes) is 4. The van der Waals surface area contributed by atoms with Crippen molar-refractivity contribution in [3.63, 3.8) is 0 Å². The predicted octanol–water partition coefficient (Wildman–Crippen LogP) is 8.60. The van der Waals surface area contributed by atoms with Crippen LogP contribution in [0.4, 0.5) is 0 Å². The molecule has 0 saturated heterocycles. The molecule has 0 unspecified atom stereocenters. The van der Waals surface area contributed by atoms with Crippen LogP contribution in [0.1, 0.15) is 122 Å². The van der Waals surface area contributed by atoms with Gasteiger partial charge in [-0.25, -0.2) is 0 Å². The van der Waals surface area contributed by atoms with Crippen LogP contribution in [0.15, 0.2) is 12.2 Å². The highest BCUT2D eigenvalue weighted by Crippen LogP contribution is 2.38.